The van der Waals surface area contributed by atoms with Crippen LogP contribution in [-0.4, -0.2) is 62.1 Å². The van der Waals surface area contributed by atoms with E-state index in [0.717, 1.165) is 0 Å². The number of nitrogens with zero attached hydrogens (tertiary/aromatic N) is 2. The van der Waals surface area contributed by atoms with E-state index in [0.29, 0.717) is 38.9 Å². The third-order valence-electron chi connectivity index (χ3n) is 5.30. The molecule has 2 aliphatic heterocycles. The van der Waals surface area contributed by atoms with Crippen LogP contribution in [0.15, 0.2) is 24.3 Å². The Labute approximate surface area is 146 Å². The van der Waals surface area contributed by atoms with Crippen LogP contribution in [-0.2, 0) is 14.3 Å². The van der Waals surface area contributed by atoms with Crippen LogP contribution in [0.3, 0.4) is 0 Å². The van der Waals surface area contributed by atoms with Crippen LogP contribution in [0.5, 0.6) is 0 Å². The fourth-order valence-electron chi connectivity index (χ4n) is 3.73. The fraction of sp³-hybridized carbons (Fsp3) is 0.556. The van der Waals surface area contributed by atoms with Crippen molar-refractivity contribution in [2.75, 3.05) is 38.7 Å². The number of likely N-dealkylation sites (N-methyl/N-ethyl adjacent to an activating group) is 1. The molecule has 0 saturated carbocycles. The molecule has 0 radical (unpaired) electrons. The largest absolute Gasteiger partial charge is 0.368 e. The molecule has 2 amide bonds. The Morgan fingerprint density at radius 1 is 1.36 bits per heavy atom. The Morgan fingerprint density at radius 3 is 2.68 bits per heavy atom. The first-order chi connectivity index (χ1) is 12.0. The maximum Gasteiger partial charge on any atom is 0.255 e. The van der Waals surface area contributed by atoms with Gasteiger partial charge in [0.25, 0.3) is 5.91 Å². The van der Waals surface area contributed by atoms with Crippen LogP contribution in [0.1, 0.15) is 19.3 Å². The van der Waals surface area contributed by atoms with Crippen LogP contribution in [0.2, 0.25) is 0 Å². The lowest BCUT2D eigenvalue weighted by Gasteiger charge is -2.39. The normalized spacial score (nSPS) is 22.9. The lowest BCUT2D eigenvalue weighted by molar-refractivity contribution is -0.160. The first kappa shape index (κ1) is 17.8. The maximum atomic E-state index is 14.0. The second kappa shape index (κ2) is 7.09. The van der Waals surface area contributed by atoms with Gasteiger partial charge in [0.2, 0.25) is 5.91 Å². The molecule has 2 fully saturated rings. The topological polar surface area (TPSA) is 61.9 Å². The van der Waals surface area contributed by atoms with Crippen molar-refractivity contribution in [1.82, 2.24) is 10.2 Å². The number of amides is 2. The van der Waals surface area contributed by atoms with E-state index in [-0.39, 0.29) is 17.5 Å². The molecule has 0 spiro atoms. The Hall–Kier alpha value is -1.99. The van der Waals surface area contributed by atoms with Crippen molar-refractivity contribution in [2.45, 2.75) is 30.9 Å². The first-order valence-corrected chi connectivity index (χ1v) is 8.59. The molecule has 25 heavy (non-hydrogen) atoms. The van der Waals surface area contributed by atoms with Gasteiger partial charge in [0, 0.05) is 20.7 Å². The summed E-state index contributed by atoms with van der Waals surface area (Å²) < 4.78 is 19.6. The lowest BCUT2D eigenvalue weighted by atomic mass is 9.90. The zero-order valence-electron chi connectivity index (χ0n) is 14.6. The van der Waals surface area contributed by atoms with Gasteiger partial charge < -0.3 is 19.9 Å². The maximum absolute atomic E-state index is 14.0. The number of piperidine rings is 1. The molecule has 0 bridgehead atoms. The Bertz CT molecular complexity index is 661. The van der Waals surface area contributed by atoms with Gasteiger partial charge in [-0.2, -0.15) is 0 Å². The van der Waals surface area contributed by atoms with Gasteiger partial charge in [0.05, 0.1) is 5.69 Å². The van der Waals surface area contributed by atoms with Crippen LogP contribution < -0.4 is 10.2 Å². The summed E-state index contributed by atoms with van der Waals surface area (Å²) in [5.74, 6) is -0.858. The molecule has 1 N–H and O–H groups in total. The highest BCUT2D eigenvalue weighted by molar-refractivity contribution is 6.02. The van der Waals surface area contributed by atoms with Crippen molar-refractivity contribution in [3.63, 3.8) is 0 Å². The summed E-state index contributed by atoms with van der Waals surface area (Å²) in [5.41, 5.74) is -0.620. The number of carbonyl (C=O) groups excluding carboxylic acids is 2. The molecule has 2 heterocycles. The lowest BCUT2D eigenvalue weighted by Crippen LogP contribution is -2.57. The summed E-state index contributed by atoms with van der Waals surface area (Å²) in [5, 5.41) is 3.21. The average molecular weight is 349 g/mol. The van der Waals surface area contributed by atoms with E-state index < -0.39 is 17.5 Å². The first-order valence-electron chi connectivity index (χ1n) is 8.59. The van der Waals surface area contributed by atoms with Crippen molar-refractivity contribution >= 4 is 17.5 Å². The quantitative estimate of drug-likeness (QED) is 0.886. The Kier molecular flexibility index (Phi) is 5.06. The van der Waals surface area contributed by atoms with Gasteiger partial charge in [0.1, 0.15) is 17.5 Å². The molecule has 136 valence electrons. The summed E-state index contributed by atoms with van der Waals surface area (Å²) in [6.45, 7) is 1.80. The third kappa shape index (κ3) is 3.14. The summed E-state index contributed by atoms with van der Waals surface area (Å²) in [4.78, 5) is 28.7. The van der Waals surface area contributed by atoms with E-state index in [1.165, 1.54) is 15.9 Å². The highest BCUT2D eigenvalue weighted by Crippen LogP contribution is 2.30. The number of para-hydroxylation sites is 1. The summed E-state index contributed by atoms with van der Waals surface area (Å²) in [6.07, 6.45) is 1.63. The van der Waals surface area contributed by atoms with E-state index in [9.17, 15) is 14.0 Å². The minimum absolute atomic E-state index is 0.176. The molecular weight excluding hydrogens is 325 g/mol. The van der Waals surface area contributed by atoms with Gasteiger partial charge in [-0.1, -0.05) is 12.1 Å². The molecule has 0 aromatic heterocycles. The molecule has 2 saturated heterocycles. The molecule has 0 aliphatic carbocycles. The van der Waals surface area contributed by atoms with Gasteiger partial charge in [-0.05, 0) is 44.5 Å². The monoisotopic (exact) mass is 349 g/mol. The van der Waals surface area contributed by atoms with Crippen LogP contribution >= 0.6 is 0 Å². The van der Waals surface area contributed by atoms with Crippen molar-refractivity contribution < 1.29 is 18.7 Å². The number of rotatable bonds is 4. The smallest absolute Gasteiger partial charge is 0.255 e. The van der Waals surface area contributed by atoms with E-state index >= 15 is 0 Å². The average Bonchev–Trinajstić information content (AvgIpc) is 3.02. The fourth-order valence-corrected chi connectivity index (χ4v) is 3.73. The molecule has 1 atom stereocenters. The molecule has 6 nitrogen and oxygen atoms in total. The number of ether oxygens (including phenoxy) is 1. The second-order valence-corrected chi connectivity index (χ2v) is 6.61. The molecule has 1 aromatic carbocycles. The minimum Gasteiger partial charge on any atom is -0.368 e. The van der Waals surface area contributed by atoms with E-state index in [4.69, 9.17) is 4.74 Å². The predicted molar refractivity (Wildman–Crippen MR) is 91.8 cm³/mol. The van der Waals surface area contributed by atoms with Crippen LogP contribution in [0.25, 0.3) is 0 Å². The Morgan fingerprint density at radius 2 is 2.04 bits per heavy atom. The van der Waals surface area contributed by atoms with Crippen molar-refractivity contribution in [1.29, 1.82) is 0 Å². The summed E-state index contributed by atoms with van der Waals surface area (Å²) >= 11 is 0. The van der Waals surface area contributed by atoms with E-state index in [2.05, 4.69) is 5.32 Å². The van der Waals surface area contributed by atoms with Gasteiger partial charge in [-0.25, -0.2) is 4.39 Å². The molecular formula is C18H24FN3O3. The standard InChI is InChI=1S/C18H24FN3O3/c1-21(17(24)18(25-2)8-10-20-11-9-18)15-7-12-22(16(15)23)14-6-4-3-5-13(14)19/h3-6,15,20H,7-12H2,1-2H3. The number of benzene rings is 1. The van der Waals surface area contributed by atoms with Crippen LogP contribution in [0, 0.1) is 5.82 Å². The van der Waals surface area contributed by atoms with Gasteiger partial charge >= 0.3 is 0 Å². The van der Waals surface area contributed by atoms with Gasteiger partial charge in [0.15, 0.2) is 0 Å². The number of nitrogens with one attached hydrogen (secondary N) is 1. The number of anilines is 1. The number of carbonyl (C=O) groups is 2. The number of hydrogen-bond donors (Lipinski definition) is 1. The molecule has 3 rings (SSSR count). The van der Waals surface area contributed by atoms with E-state index in [1.807, 2.05) is 0 Å². The van der Waals surface area contributed by atoms with Crippen molar-refractivity contribution in [3.05, 3.63) is 30.1 Å². The highest BCUT2D eigenvalue weighted by atomic mass is 19.1. The number of halogens is 1. The SMILES string of the molecule is COC1(C(=O)N(C)C2CCN(c3ccccc3F)C2=O)CCNCC1. The minimum atomic E-state index is -0.883. The highest BCUT2D eigenvalue weighted by Gasteiger charge is 2.46. The molecule has 1 aromatic rings. The van der Waals surface area contributed by atoms with Crippen molar-refractivity contribution in [3.8, 4) is 0 Å². The Balaban J connectivity index is 1.77. The third-order valence-corrected chi connectivity index (χ3v) is 5.30. The van der Waals surface area contributed by atoms with Crippen LogP contribution in [0.4, 0.5) is 10.1 Å². The van der Waals surface area contributed by atoms with E-state index in [1.54, 1.807) is 32.4 Å². The summed E-state index contributed by atoms with van der Waals surface area (Å²) in [7, 11) is 3.18. The molecule has 7 heteroatoms. The van der Waals surface area contributed by atoms with Gasteiger partial charge in [-0.3, -0.25) is 9.59 Å². The molecule has 2 aliphatic rings. The summed E-state index contributed by atoms with van der Waals surface area (Å²) in [6, 6.07) is 5.61. The van der Waals surface area contributed by atoms with Gasteiger partial charge in [-0.15, -0.1) is 0 Å². The number of methoxy groups -OCH3 is 1. The second-order valence-electron chi connectivity index (χ2n) is 6.61. The number of hydrogen-bond acceptors (Lipinski definition) is 4. The predicted octanol–water partition coefficient (Wildman–Crippen LogP) is 1.16. The zero-order valence-corrected chi connectivity index (χ0v) is 14.6. The molecule has 1 unspecified atom stereocenters. The van der Waals surface area contributed by atoms with Crippen molar-refractivity contribution in [2.24, 2.45) is 0 Å². The zero-order chi connectivity index (χ0) is 18.0.